The van der Waals surface area contributed by atoms with Crippen LogP contribution in [0.4, 0.5) is 5.82 Å². The van der Waals surface area contributed by atoms with Crippen molar-refractivity contribution >= 4 is 49.3 Å². The van der Waals surface area contributed by atoms with Crippen LogP contribution in [-0.4, -0.2) is 16.5 Å². The number of hydrogen-bond acceptors (Lipinski definition) is 4. The monoisotopic (exact) mass is 419 g/mol. The zero-order valence-corrected chi connectivity index (χ0v) is 14.6. The molecule has 0 saturated heterocycles. The van der Waals surface area contributed by atoms with Crippen LogP contribution in [0.3, 0.4) is 0 Å². The molecular formula is C13H12Br2ClN3O. The van der Waals surface area contributed by atoms with Crippen LogP contribution < -0.4 is 10.1 Å². The van der Waals surface area contributed by atoms with Crippen molar-refractivity contribution in [1.82, 2.24) is 9.97 Å². The predicted molar refractivity (Wildman–Crippen MR) is 87.7 cm³/mol. The number of nitrogens with zero attached hydrogens (tertiary/aromatic N) is 2. The fourth-order valence-corrected chi connectivity index (χ4v) is 2.64. The SMILES string of the molecule is CCCNc1ncnc(Oc2ccc(Cl)cc2Br)c1Br. The standard InChI is InChI=1S/C13H12Br2ClN3O/c1-2-5-17-12-11(15)13(19-7-18-12)20-10-4-3-8(16)6-9(10)14/h3-4,6-7H,2,5H2,1H3,(H,17,18,19). The number of halogens is 3. The van der Waals surface area contributed by atoms with Gasteiger partial charge in [-0.3, -0.25) is 0 Å². The van der Waals surface area contributed by atoms with Crippen molar-refractivity contribution in [3.05, 3.63) is 38.5 Å². The van der Waals surface area contributed by atoms with Crippen molar-refractivity contribution in [3.8, 4) is 11.6 Å². The molecule has 0 saturated carbocycles. The van der Waals surface area contributed by atoms with Gasteiger partial charge >= 0.3 is 0 Å². The minimum Gasteiger partial charge on any atom is -0.436 e. The molecule has 0 spiro atoms. The normalized spacial score (nSPS) is 10.4. The summed E-state index contributed by atoms with van der Waals surface area (Å²) in [5.41, 5.74) is 0. The van der Waals surface area contributed by atoms with E-state index in [0.29, 0.717) is 26.9 Å². The lowest BCUT2D eigenvalue weighted by molar-refractivity contribution is 0.455. The minimum atomic E-state index is 0.446. The second kappa shape index (κ2) is 7.24. The Bertz CT molecular complexity index is 610. The summed E-state index contributed by atoms with van der Waals surface area (Å²) in [6, 6.07) is 5.30. The maximum atomic E-state index is 5.90. The van der Waals surface area contributed by atoms with E-state index in [-0.39, 0.29) is 0 Å². The quantitative estimate of drug-likeness (QED) is 0.715. The summed E-state index contributed by atoms with van der Waals surface area (Å²) in [7, 11) is 0. The van der Waals surface area contributed by atoms with E-state index in [9.17, 15) is 0 Å². The smallest absolute Gasteiger partial charge is 0.238 e. The molecule has 106 valence electrons. The summed E-state index contributed by atoms with van der Waals surface area (Å²) in [5, 5.41) is 3.84. The van der Waals surface area contributed by atoms with Gasteiger partial charge in [0.05, 0.1) is 4.47 Å². The number of hydrogen-bond donors (Lipinski definition) is 1. The van der Waals surface area contributed by atoms with E-state index in [1.54, 1.807) is 18.2 Å². The fourth-order valence-electron chi connectivity index (χ4n) is 1.45. The van der Waals surface area contributed by atoms with Gasteiger partial charge in [0.25, 0.3) is 0 Å². The van der Waals surface area contributed by atoms with E-state index in [4.69, 9.17) is 16.3 Å². The molecule has 0 radical (unpaired) electrons. The Morgan fingerprint density at radius 3 is 2.80 bits per heavy atom. The highest BCUT2D eigenvalue weighted by molar-refractivity contribution is 9.11. The van der Waals surface area contributed by atoms with Gasteiger partial charge in [0.15, 0.2) is 0 Å². The summed E-state index contributed by atoms with van der Waals surface area (Å²) in [6.45, 7) is 2.92. The van der Waals surface area contributed by atoms with Crippen molar-refractivity contribution < 1.29 is 4.74 Å². The summed E-state index contributed by atoms with van der Waals surface area (Å²) in [5.74, 6) is 1.79. The molecule has 0 unspecified atom stereocenters. The van der Waals surface area contributed by atoms with E-state index < -0.39 is 0 Å². The van der Waals surface area contributed by atoms with Crippen LogP contribution in [0.2, 0.25) is 5.02 Å². The van der Waals surface area contributed by atoms with Crippen LogP contribution in [-0.2, 0) is 0 Å². The highest BCUT2D eigenvalue weighted by atomic mass is 79.9. The van der Waals surface area contributed by atoms with Crippen LogP contribution >= 0.6 is 43.5 Å². The van der Waals surface area contributed by atoms with E-state index >= 15 is 0 Å². The Hall–Kier alpha value is -0.850. The molecule has 20 heavy (non-hydrogen) atoms. The number of nitrogens with one attached hydrogen (secondary N) is 1. The number of aromatic nitrogens is 2. The van der Waals surface area contributed by atoms with Gasteiger partial charge in [-0.1, -0.05) is 18.5 Å². The zero-order valence-electron chi connectivity index (χ0n) is 10.7. The molecule has 7 heteroatoms. The molecule has 2 rings (SSSR count). The summed E-state index contributed by atoms with van der Waals surface area (Å²) in [6.07, 6.45) is 2.47. The van der Waals surface area contributed by atoms with Gasteiger partial charge in [0, 0.05) is 11.6 Å². The van der Waals surface area contributed by atoms with E-state index in [1.165, 1.54) is 6.33 Å². The largest absolute Gasteiger partial charge is 0.436 e. The molecule has 0 amide bonds. The molecule has 1 heterocycles. The summed E-state index contributed by atoms with van der Waals surface area (Å²) >= 11 is 12.8. The predicted octanol–water partition coefficient (Wildman–Crippen LogP) is 5.27. The molecular weight excluding hydrogens is 409 g/mol. The third-order valence-electron chi connectivity index (χ3n) is 2.40. The first-order valence-corrected chi connectivity index (χ1v) is 7.95. The van der Waals surface area contributed by atoms with Crippen LogP contribution in [0.25, 0.3) is 0 Å². The van der Waals surface area contributed by atoms with Gasteiger partial charge in [-0.2, -0.15) is 0 Å². The molecule has 0 aliphatic heterocycles. The molecule has 0 bridgehead atoms. The Morgan fingerprint density at radius 1 is 1.30 bits per heavy atom. The van der Waals surface area contributed by atoms with Crippen LogP contribution in [0, 0.1) is 0 Å². The molecule has 2 aromatic rings. The minimum absolute atomic E-state index is 0.446. The van der Waals surface area contributed by atoms with Gasteiger partial charge in [-0.15, -0.1) is 0 Å². The second-order valence-electron chi connectivity index (χ2n) is 3.94. The summed E-state index contributed by atoms with van der Waals surface area (Å²) < 4.78 is 7.22. The average Bonchev–Trinajstić information content (AvgIpc) is 2.42. The topological polar surface area (TPSA) is 47.0 Å². The van der Waals surface area contributed by atoms with E-state index in [0.717, 1.165) is 17.4 Å². The lowest BCUT2D eigenvalue weighted by Gasteiger charge is -2.11. The second-order valence-corrected chi connectivity index (χ2v) is 6.03. The number of benzene rings is 1. The lowest BCUT2D eigenvalue weighted by Crippen LogP contribution is -2.04. The third kappa shape index (κ3) is 3.84. The Labute approximate surface area is 139 Å². The van der Waals surface area contributed by atoms with Crippen LogP contribution in [0.5, 0.6) is 11.6 Å². The van der Waals surface area contributed by atoms with E-state index in [1.807, 2.05) is 0 Å². The van der Waals surface area contributed by atoms with Gasteiger partial charge in [0.1, 0.15) is 22.4 Å². The number of rotatable bonds is 5. The molecule has 1 N–H and O–H groups in total. The number of anilines is 1. The molecule has 4 nitrogen and oxygen atoms in total. The zero-order chi connectivity index (χ0) is 14.5. The van der Waals surface area contributed by atoms with Crippen LogP contribution in [0.15, 0.2) is 33.5 Å². The highest BCUT2D eigenvalue weighted by Crippen LogP contribution is 2.35. The first kappa shape index (κ1) is 15.5. The first-order chi connectivity index (χ1) is 9.61. The van der Waals surface area contributed by atoms with Crippen molar-refractivity contribution in [1.29, 1.82) is 0 Å². The summed E-state index contributed by atoms with van der Waals surface area (Å²) in [4.78, 5) is 8.30. The van der Waals surface area contributed by atoms with Crippen molar-refractivity contribution in [2.45, 2.75) is 13.3 Å². The average molecular weight is 422 g/mol. The molecule has 0 fully saturated rings. The van der Waals surface area contributed by atoms with Gasteiger partial charge < -0.3 is 10.1 Å². The van der Waals surface area contributed by atoms with Gasteiger partial charge in [-0.05, 0) is 56.5 Å². The van der Waals surface area contributed by atoms with Crippen molar-refractivity contribution in [2.24, 2.45) is 0 Å². The number of ether oxygens (including phenoxy) is 1. The highest BCUT2D eigenvalue weighted by Gasteiger charge is 2.12. The Balaban J connectivity index is 2.24. The van der Waals surface area contributed by atoms with Crippen molar-refractivity contribution in [3.63, 3.8) is 0 Å². The molecule has 1 aromatic carbocycles. The fraction of sp³-hybridized carbons (Fsp3) is 0.231. The van der Waals surface area contributed by atoms with Gasteiger partial charge in [0.2, 0.25) is 5.88 Å². The molecule has 1 aromatic heterocycles. The Kier molecular flexibility index (Phi) is 5.63. The third-order valence-corrected chi connectivity index (χ3v) is 3.97. The first-order valence-electron chi connectivity index (χ1n) is 5.99. The van der Waals surface area contributed by atoms with E-state index in [2.05, 4.69) is 54.1 Å². The van der Waals surface area contributed by atoms with Crippen molar-refractivity contribution in [2.75, 3.05) is 11.9 Å². The molecule has 0 aliphatic rings. The van der Waals surface area contributed by atoms with Gasteiger partial charge in [-0.25, -0.2) is 9.97 Å². The molecule has 0 aliphatic carbocycles. The molecule has 0 atom stereocenters. The maximum Gasteiger partial charge on any atom is 0.238 e. The Morgan fingerprint density at radius 2 is 2.10 bits per heavy atom. The lowest BCUT2D eigenvalue weighted by atomic mass is 10.3. The van der Waals surface area contributed by atoms with Crippen LogP contribution in [0.1, 0.15) is 13.3 Å². The maximum absolute atomic E-state index is 5.90.